The van der Waals surface area contributed by atoms with Crippen molar-refractivity contribution in [1.29, 1.82) is 0 Å². The van der Waals surface area contributed by atoms with Crippen molar-refractivity contribution < 1.29 is 44.9 Å². The zero-order chi connectivity index (χ0) is 45.4. The monoisotopic (exact) mass is 877 g/mol. The van der Waals surface area contributed by atoms with Gasteiger partial charge in [-0.05, 0) is 18.6 Å². The molecule has 0 aliphatic carbocycles. The first kappa shape index (κ1) is 71.2. The van der Waals surface area contributed by atoms with Gasteiger partial charge in [0.2, 0.25) is 44.8 Å². The Morgan fingerprint density at radius 2 is 0.944 bits per heavy atom. The fraction of sp³-hybridized carbons (Fsp3) is 0.429. The second kappa shape index (κ2) is 53.1. The third kappa shape index (κ3) is 118. The minimum absolute atomic E-state index is 0.252. The van der Waals surface area contributed by atoms with E-state index in [9.17, 15) is 65.7 Å². The molecule has 0 heterocycles. The quantitative estimate of drug-likeness (QED) is 0.126. The number of hydrogen-bond acceptors (Lipinski definition) is 16. The Labute approximate surface area is 328 Å². The molecule has 1 rings (SSSR count). The largest absolute Gasteiger partial charge is 0.404 e. The van der Waals surface area contributed by atoms with Gasteiger partial charge in [0.15, 0.2) is 0 Å². The summed E-state index contributed by atoms with van der Waals surface area (Å²) in [6.45, 7) is 21.6. The molecule has 318 valence electrons. The van der Waals surface area contributed by atoms with Crippen LogP contribution in [0.1, 0.15) is 81.7 Å². The van der Waals surface area contributed by atoms with Crippen LogP contribution in [0.4, 0.5) is 0 Å². The highest BCUT2D eigenvalue weighted by molar-refractivity contribution is 8.16. The summed E-state index contributed by atoms with van der Waals surface area (Å²) in [4.78, 5) is 35.3. The van der Waals surface area contributed by atoms with Crippen LogP contribution in [0.5, 0.6) is 0 Å². The molecule has 0 aliphatic rings. The Balaban J connectivity index is -0.0000000643. The van der Waals surface area contributed by atoms with Gasteiger partial charge in [0.05, 0.1) is 25.1 Å². The number of nitro groups is 4. The number of halogens is 1. The van der Waals surface area contributed by atoms with Gasteiger partial charge in [0.1, 0.15) is 10.8 Å². The van der Waals surface area contributed by atoms with Crippen molar-refractivity contribution in [3.8, 4) is 0 Å². The predicted molar refractivity (Wildman–Crippen MR) is 219 cm³/mol. The molecule has 0 unspecified atom stereocenters. The number of thioether (sulfide) groups is 1. The number of nitrogens with two attached hydrogens (primary N) is 3. The molecule has 26 heteroatoms. The van der Waals surface area contributed by atoms with Crippen LogP contribution in [0.25, 0.3) is 0 Å². The second-order valence-electron chi connectivity index (χ2n) is 6.26. The maximum atomic E-state index is 9.92. The summed E-state index contributed by atoms with van der Waals surface area (Å²) in [6, 6.07) is 9.83. The minimum Gasteiger partial charge on any atom is -0.404 e. The van der Waals surface area contributed by atoms with E-state index in [1.165, 1.54) is 28.8 Å². The first-order valence-corrected chi connectivity index (χ1v) is 21.8. The van der Waals surface area contributed by atoms with Gasteiger partial charge in [-0.3, -0.25) is 40.5 Å². The highest BCUT2D eigenvalue weighted by Gasteiger charge is 1.99. The van der Waals surface area contributed by atoms with E-state index in [0.717, 1.165) is 24.4 Å². The summed E-state index contributed by atoms with van der Waals surface area (Å²) in [5.41, 5.74) is 5.84. The molecule has 0 aliphatic heterocycles. The molecule has 0 aromatic heterocycles. The van der Waals surface area contributed by atoms with E-state index in [2.05, 4.69) is 26.7 Å². The molecule has 0 bridgehead atoms. The average molecular weight is 879 g/mol. The lowest BCUT2D eigenvalue weighted by Crippen LogP contribution is -2.07. The first-order chi connectivity index (χ1) is 25.0. The van der Waals surface area contributed by atoms with E-state index in [-0.39, 0.29) is 12.4 Å². The average Bonchev–Trinajstić information content (AvgIpc) is 3.10. The number of hydrogen-bond donors (Lipinski definition) is 3. The number of sulfonamides is 2. The normalized spacial score (nSPS) is 9.81. The minimum atomic E-state index is -3.87. The van der Waals surface area contributed by atoms with Crippen molar-refractivity contribution in [3.63, 3.8) is 0 Å². The lowest BCUT2D eigenvalue weighted by Gasteiger charge is -1.94. The highest BCUT2D eigenvalue weighted by atomic mass is 35.7. The number of primary sulfonamides is 2. The molecule has 6 N–H and O–H groups in total. The number of rotatable bonds is 10. The Morgan fingerprint density at radius 1 is 0.611 bits per heavy atom. The SMILES string of the molecule is C/C=C\[N+](=O)[O-].CC.CC.CC.CC.CC.N/C=C\S(N)(=O)=O.NS(=O)(=O)/C=C\[N+](=O)[O-].O=[N+]([O-])/C=C/SCc1ccccc1.O=[N+]([O-])/C=C\S(=O)(=O)Cl. The van der Waals surface area contributed by atoms with Crippen molar-refractivity contribution in [2.24, 2.45) is 16.0 Å². The maximum absolute atomic E-state index is 9.92. The smallest absolute Gasteiger partial charge is 0.260 e. The summed E-state index contributed by atoms with van der Waals surface area (Å²) < 4.78 is 59.3. The molecule has 0 spiro atoms. The van der Waals surface area contributed by atoms with Crippen molar-refractivity contribution >= 4 is 51.5 Å². The van der Waals surface area contributed by atoms with Crippen molar-refractivity contribution in [1.82, 2.24) is 0 Å². The van der Waals surface area contributed by atoms with Crippen LogP contribution < -0.4 is 16.0 Å². The van der Waals surface area contributed by atoms with Gasteiger partial charge in [-0.2, -0.15) is 0 Å². The molecular weight excluding hydrogens is 822 g/mol. The van der Waals surface area contributed by atoms with Gasteiger partial charge in [-0.1, -0.05) is 99.6 Å². The fourth-order valence-corrected chi connectivity index (χ4v) is 2.84. The molecule has 0 amide bonds. The van der Waals surface area contributed by atoms with Crippen LogP contribution in [0.3, 0.4) is 0 Å². The molecule has 0 fully saturated rings. The van der Waals surface area contributed by atoms with Crippen molar-refractivity contribution in [2.45, 2.75) is 81.9 Å². The van der Waals surface area contributed by atoms with Crippen LogP contribution in [0, 0.1) is 40.5 Å². The molecule has 0 radical (unpaired) electrons. The number of nitrogens with zero attached hydrogens (tertiary/aromatic N) is 4. The van der Waals surface area contributed by atoms with Crippen LogP contribution in [0.2, 0.25) is 0 Å². The molecule has 0 saturated carbocycles. The Hall–Kier alpha value is -4.27. The van der Waals surface area contributed by atoms with Gasteiger partial charge in [-0.15, -0.1) is 11.8 Å². The third-order valence-corrected chi connectivity index (χ3v) is 5.24. The molecule has 54 heavy (non-hydrogen) atoms. The molecule has 1 aromatic rings. The van der Waals surface area contributed by atoms with Gasteiger partial charge in [0, 0.05) is 28.0 Å². The van der Waals surface area contributed by atoms with Gasteiger partial charge in [0.25, 0.3) is 9.05 Å². The second-order valence-corrected chi connectivity index (χ2v) is 12.6. The van der Waals surface area contributed by atoms with Crippen LogP contribution in [0.15, 0.2) is 89.0 Å². The maximum Gasteiger partial charge on any atom is 0.260 e. The Kier molecular flexibility index (Phi) is 70.0. The Morgan fingerprint density at radius 3 is 1.13 bits per heavy atom. The van der Waals surface area contributed by atoms with E-state index in [1.807, 2.05) is 99.6 Å². The number of allylic oxidation sites excluding steroid dienone is 1. The lowest BCUT2D eigenvalue weighted by atomic mass is 10.2. The molecule has 1 aromatic carbocycles. The van der Waals surface area contributed by atoms with E-state index in [0.29, 0.717) is 16.2 Å². The van der Waals surface area contributed by atoms with Gasteiger partial charge < -0.3 is 5.73 Å². The van der Waals surface area contributed by atoms with Gasteiger partial charge >= 0.3 is 0 Å². The third-order valence-electron chi connectivity index (χ3n) is 2.63. The van der Waals surface area contributed by atoms with E-state index in [4.69, 9.17) is 0 Å². The predicted octanol–water partition coefficient (Wildman–Crippen LogP) is 6.63. The van der Waals surface area contributed by atoms with E-state index in [1.54, 1.807) is 6.92 Å². The summed E-state index contributed by atoms with van der Waals surface area (Å²) in [6.07, 6.45) is 4.60. The van der Waals surface area contributed by atoms with Crippen LogP contribution in [-0.2, 0) is 34.9 Å². The Bertz CT molecular complexity index is 1470. The zero-order valence-corrected chi connectivity index (χ0v) is 36.1. The molecular formula is C28H56ClN7O14S4. The summed E-state index contributed by atoms with van der Waals surface area (Å²) in [5.74, 6) is 0.769. The summed E-state index contributed by atoms with van der Waals surface area (Å²) in [7, 11) is -6.63. The number of benzene rings is 1. The van der Waals surface area contributed by atoms with Crippen LogP contribution >= 0.6 is 22.4 Å². The fourth-order valence-electron chi connectivity index (χ4n) is 1.30. The van der Waals surface area contributed by atoms with Gasteiger partial charge in [-0.25, -0.2) is 35.5 Å². The molecule has 0 saturated heterocycles. The van der Waals surface area contributed by atoms with Crippen molar-refractivity contribution in [3.05, 3.63) is 135 Å². The van der Waals surface area contributed by atoms with E-state index < -0.39 is 48.8 Å². The highest BCUT2D eigenvalue weighted by Crippen LogP contribution is 2.12. The molecule has 21 nitrogen and oxygen atoms in total. The molecule has 0 atom stereocenters. The summed E-state index contributed by atoms with van der Waals surface area (Å²) in [5, 5.41) is 49.8. The topological polar surface area (TPSA) is 353 Å². The van der Waals surface area contributed by atoms with Crippen LogP contribution in [-0.4, -0.2) is 44.9 Å². The summed E-state index contributed by atoms with van der Waals surface area (Å²) >= 11 is 1.41. The zero-order valence-electron chi connectivity index (χ0n) is 32.1. The van der Waals surface area contributed by atoms with Crippen molar-refractivity contribution in [2.75, 3.05) is 0 Å². The first-order valence-electron chi connectivity index (χ1n) is 15.2. The standard InChI is InChI=1S/C9H9NO2S.C3H5NO2.C2H2ClNO4S.C2H4N2O4S.C2H6N2O2S.5C2H6/c11-10(12)6-7-13-8-9-4-2-1-3-5-9;1-2-3-4(5)6;2*3-9(7,8)2-1-4(5)6;3-1-2-7(4,5)6;5*1-2/h1-7H,8H2;2-3H,1H3;1-2H;1-2H,(H2,3,7,8);1-2H,3H2,(H2,4,5,6);5*1-2H3/b7-6+;3-2-;3*2-1-;;;;;. The lowest BCUT2D eigenvalue weighted by molar-refractivity contribution is -0.402. The van der Waals surface area contributed by atoms with E-state index >= 15 is 0 Å².